The molecule has 6 nitrogen and oxygen atoms in total. The molecule has 1 N–H and O–H groups in total. The van der Waals surface area contributed by atoms with Crippen LogP contribution in [0.1, 0.15) is 12.0 Å². The SMILES string of the molecule is COC(=O)N(C)c1ncccc1CCC(=O)O. The van der Waals surface area contributed by atoms with Crippen LogP contribution in [0.15, 0.2) is 18.3 Å². The van der Waals surface area contributed by atoms with Gasteiger partial charge in [-0.3, -0.25) is 9.69 Å². The molecule has 6 heteroatoms. The van der Waals surface area contributed by atoms with Gasteiger partial charge in [0.1, 0.15) is 5.82 Å². The lowest BCUT2D eigenvalue weighted by atomic mass is 10.1. The van der Waals surface area contributed by atoms with Gasteiger partial charge in [0.05, 0.1) is 7.11 Å². The van der Waals surface area contributed by atoms with E-state index < -0.39 is 12.1 Å². The molecule has 0 radical (unpaired) electrons. The van der Waals surface area contributed by atoms with Crippen molar-refractivity contribution in [2.24, 2.45) is 0 Å². The quantitative estimate of drug-likeness (QED) is 0.855. The highest BCUT2D eigenvalue weighted by molar-refractivity contribution is 5.86. The van der Waals surface area contributed by atoms with E-state index in [0.29, 0.717) is 17.8 Å². The van der Waals surface area contributed by atoms with Gasteiger partial charge in [-0.1, -0.05) is 6.07 Å². The largest absolute Gasteiger partial charge is 0.481 e. The van der Waals surface area contributed by atoms with E-state index in [9.17, 15) is 9.59 Å². The number of aryl methyl sites for hydroxylation is 1. The number of nitrogens with zero attached hydrogens (tertiary/aromatic N) is 2. The average molecular weight is 238 g/mol. The van der Waals surface area contributed by atoms with Crippen molar-refractivity contribution in [3.63, 3.8) is 0 Å². The Hall–Kier alpha value is -2.11. The van der Waals surface area contributed by atoms with E-state index in [1.54, 1.807) is 18.3 Å². The number of aromatic nitrogens is 1. The van der Waals surface area contributed by atoms with Crippen LogP contribution >= 0.6 is 0 Å². The van der Waals surface area contributed by atoms with Gasteiger partial charge in [0.25, 0.3) is 0 Å². The Balaban J connectivity index is 2.90. The van der Waals surface area contributed by atoms with E-state index in [0.717, 1.165) is 0 Å². The molecule has 0 saturated carbocycles. The van der Waals surface area contributed by atoms with Crippen molar-refractivity contribution in [1.82, 2.24) is 4.98 Å². The first-order valence-electron chi connectivity index (χ1n) is 5.03. The number of ether oxygens (including phenoxy) is 1. The van der Waals surface area contributed by atoms with Gasteiger partial charge in [0, 0.05) is 19.7 Å². The third kappa shape index (κ3) is 3.44. The Morgan fingerprint density at radius 3 is 2.82 bits per heavy atom. The van der Waals surface area contributed by atoms with Crippen LogP contribution in [-0.2, 0) is 16.0 Å². The second kappa shape index (κ2) is 5.83. The highest BCUT2D eigenvalue weighted by Gasteiger charge is 2.16. The fourth-order valence-electron chi connectivity index (χ4n) is 1.39. The van der Waals surface area contributed by atoms with Crippen molar-refractivity contribution in [2.45, 2.75) is 12.8 Å². The van der Waals surface area contributed by atoms with Gasteiger partial charge in [-0.05, 0) is 18.1 Å². The van der Waals surface area contributed by atoms with Crippen LogP contribution in [0.2, 0.25) is 0 Å². The first kappa shape index (κ1) is 13.0. The molecular weight excluding hydrogens is 224 g/mol. The zero-order valence-electron chi connectivity index (χ0n) is 9.71. The molecule has 0 saturated heterocycles. The number of pyridine rings is 1. The standard InChI is InChI=1S/C11H14N2O4/c1-13(11(16)17-2)10-8(4-3-7-12-10)5-6-9(14)15/h3-4,7H,5-6H2,1-2H3,(H,14,15). The third-order valence-corrected chi connectivity index (χ3v) is 2.24. The number of carboxylic acid groups (broad SMARTS) is 1. The number of anilines is 1. The Kier molecular flexibility index (Phi) is 4.45. The molecule has 0 fully saturated rings. The van der Waals surface area contributed by atoms with Gasteiger partial charge >= 0.3 is 12.1 Å². The predicted octanol–water partition coefficient (Wildman–Crippen LogP) is 1.30. The van der Waals surface area contributed by atoms with Crippen LogP contribution in [-0.4, -0.2) is 36.3 Å². The molecule has 0 bridgehead atoms. The maximum atomic E-state index is 11.3. The summed E-state index contributed by atoms with van der Waals surface area (Å²) in [6.45, 7) is 0. The molecule has 0 spiro atoms. The lowest BCUT2D eigenvalue weighted by molar-refractivity contribution is -0.136. The van der Waals surface area contributed by atoms with Crippen LogP contribution in [0.3, 0.4) is 0 Å². The van der Waals surface area contributed by atoms with Gasteiger partial charge < -0.3 is 9.84 Å². The number of hydrogen-bond donors (Lipinski definition) is 1. The number of carboxylic acids is 1. The first-order valence-corrected chi connectivity index (χ1v) is 5.03. The second-order valence-corrected chi connectivity index (χ2v) is 3.41. The van der Waals surface area contributed by atoms with Crippen molar-refractivity contribution >= 4 is 17.9 Å². The molecule has 0 aliphatic rings. The molecule has 0 aliphatic heterocycles. The van der Waals surface area contributed by atoms with Gasteiger partial charge in [0.2, 0.25) is 0 Å². The molecule has 92 valence electrons. The summed E-state index contributed by atoms with van der Waals surface area (Å²) in [5.74, 6) is -0.471. The minimum atomic E-state index is -0.888. The van der Waals surface area contributed by atoms with E-state index in [1.807, 2.05) is 0 Å². The summed E-state index contributed by atoms with van der Waals surface area (Å²) in [6.07, 6.45) is 1.31. The van der Waals surface area contributed by atoms with Crippen LogP contribution in [0, 0.1) is 0 Å². The lowest BCUT2D eigenvalue weighted by Crippen LogP contribution is -2.27. The summed E-state index contributed by atoms with van der Waals surface area (Å²) in [5, 5.41) is 8.63. The molecule has 0 aromatic carbocycles. The first-order chi connectivity index (χ1) is 8.06. The Bertz CT molecular complexity index is 420. The van der Waals surface area contributed by atoms with Crippen LogP contribution in [0.4, 0.5) is 10.6 Å². The van der Waals surface area contributed by atoms with E-state index in [-0.39, 0.29) is 6.42 Å². The minimum Gasteiger partial charge on any atom is -0.481 e. The molecule has 1 heterocycles. The molecule has 0 aliphatic carbocycles. The average Bonchev–Trinajstić information content (AvgIpc) is 2.34. The zero-order valence-corrected chi connectivity index (χ0v) is 9.71. The van der Waals surface area contributed by atoms with E-state index in [1.165, 1.54) is 19.1 Å². The smallest absolute Gasteiger partial charge is 0.414 e. The van der Waals surface area contributed by atoms with E-state index in [4.69, 9.17) is 5.11 Å². The zero-order chi connectivity index (χ0) is 12.8. The van der Waals surface area contributed by atoms with Gasteiger partial charge in [-0.15, -0.1) is 0 Å². The Labute approximate surface area is 98.8 Å². The number of amides is 1. The number of carbonyl (C=O) groups excluding carboxylic acids is 1. The third-order valence-electron chi connectivity index (χ3n) is 2.24. The van der Waals surface area contributed by atoms with E-state index >= 15 is 0 Å². The summed E-state index contributed by atoms with van der Waals surface area (Å²) in [4.78, 5) is 27.2. The highest BCUT2D eigenvalue weighted by Crippen LogP contribution is 2.18. The second-order valence-electron chi connectivity index (χ2n) is 3.41. The topological polar surface area (TPSA) is 79.7 Å². The Morgan fingerprint density at radius 2 is 2.24 bits per heavy atom. The Morgan fingerprint density at radius 1 is 1.53 bits per heavy atom. The normalized spacial score (nSPS) is 9.76. The number of methoxy groups -OCH3 is 1. The van der Waals surface area contributed by atoms with Crippen molar-refractivity contribution < 1.29 is 19.4 Å². The summed E-state index contributed by atoms with van der Waals surface area (Å²) < 4.78 is 4.58. The fraction of sp³-hybridized carbons (Fsp3) is 0.364. The number of hydrogen-bond acceptors (Lipinski definition) is 4. The molecule has 0 atom stereocenters. The summed E-state index contributed by atoms with van der Waals surface area (Å²) >= 11 is 0. The summed E-state index contributed by atoms with van der Waals surface area (Å²) in [5.41, 5.74) is 0.697. The highest BCUT2D eigenvalue weighted by atomic mass is 16.5. The van der Waals surface area contributed by atoms with E-state index in [2.05, 4.69) is 9.72 Å². The molecule has 0 unspecified atom stereocenters. The summed E-state index contributed by atoms with van der Waals surface area (Å²) in [6, 6.07) is 3.44. The molecule has 1 rings (SSSR count). The number of rotatable bonds is 4. The maximum Gasteiger partial charge on any atom is 0.414 e. The van der Waals surface area contributed by atoms with Crippen molar-refractivity contribution in [2.75, 3.05) is 19.1 Å². The monoisotopic (exact) mass is 238 g/mol. The van der Waals surface area contributed by atoms with Gasteiger partial charge in [-0.25, -0.2) is 9.78 Å². The molecular formula is C11H14N2O4. The maximum absolute atomic E-state index is 11.3. The predicted molar refractivity (Wildman–Crippen MR) is 61.0 cm³/mol. The van der Waals surface area contributed by atoms with Crippen molar-refractivity contribution in [3.8, 4) is 0 Å². The minimum absolute atomic E-state index is 0.00624. The lowest BCUT2D eigenvalue weighted by Gasteiger charge is -2.17. The number of aliphatic carboxylic acids is 1. The fourth-order valence-corrected chi connectivity index (χ4v) is 1.39. The van der Waals surface area contributed by atoms with Crippen LogP contribution < -0.4 is 4.90 Å². The van der Waals surface area contributed by atoms with Crippen LogP contribution in [0.25, 0.3) is 0 Å². The molecule has 1 aromatic heterocycles. The van der Waals surface area contributed by atoms with Crippen molar-refractivity contribution in [3.05, 3.63) is 23.9 Å². The van der Waals surface area contributed by atoms with Gasteiger partial charge in [-0.2, -0.15) is 0 Å². The van der Waals surface area contributed by atoms with Crippen molar-refractivity contribution in [1.29, 1.82) is 0 Å². The van der Waals surface area contributed by atoms with Crippen LogP contribution in [0.5, 0.6) is 0 Å². The summed E-state index contributed by atoms with van der Waals surface area (Å²) in [7, 11) is 2.80. The molecule has 17 heavy (non-hydrogen) atoms. The molecule has 1 amide bonds. The molecule has 1 aromatic rings. The number of carbonyl (C=O) groups is 2. The van der Waals surface area contributed by atoms with Gasteiger partial charge in [0.15, 0.2) is 0 Å².